The number of carboxylic acids is 1. The zero-order valence-corrected chi connectivity index (χ0v) is 64.5. The van der Waals surface area contributed by atoms with Crippen LogP contribution in [0.1, 0.15) is 355 Å². The zero-order valence-electron chi connectivity index (χ0n) is 64.5. The van der Waals surface area contributed by atoms with Crippen molar-refractivity contribution < 1.29 is 104 Å². The van der Waals surface area contributed by atoms with Gasteiger partial charge in [0.15, 0.2) is 12.6 Å². The molecule has 0 aromatic heterocycles. The summed E-state index contributed by atoms with van der Waals surface area (Å²) in [6, 6.07) is -2.53. The summed E-state index contributed by atoms with van der Waals surface area (Å²) in [5.41, 5.74) is 0. The Morgan fingerprint density at radius 3 is 1.21 bits per heavy atom. The molecule has 23 heteroatoms. The topological polar surface area (TPSA) is 373 Å². The molecule has 0 spiro atoms. The number of amides is 2. The minimum Gasteiger partial charge on any atom is -0.477 e. The summed E-state index contributed by atoms with van der Waals surface area (Å²) in [5.74, 6) is -6.09. The quantitative estimate of drug-likeness (QED) is 0.0252. The number of carboxylic acid groups (broad SMARTS) is 1. The first-order valence-corrected chi connectivity index (χ1v) is 41.9. The van der Waals surface area contributed by atoms with Crippen molar-refractivity contribution in [2.45, 2.75) is 464 Å². The van der Waals surface area contributed by atoms with E-state index in [0.29, 0.717) is 19.3 Å². The minimum absolute atomic E-state index is 0.230. The lowest BCUT2D eigenvalue weighted by atomic mass is 9.88. The van der Waals surface area contributed by atoms with E-state index in [1.54, 1.807) is 0 Å². The predicted octanol–water partition coefficient (Wildman–Crippen LogP) is 11.6. The van der Waals surface area contributed by atoms with E-state index in [4.69, 9.17) is 28.4 Å². The van der Waals surface area contributed by atoms with Gasteiger partial charge in [-0.3, -0.25) is 9.59 Å². The number of aliphatic hydroxyl groups excluding tert-OH is 11. The van der Waals surface area contributed by atoms with Crippen LogP contribution in [-0.2, 0) is 42.8 Å². The molecular weight excluding hydrogens is 1320 g/mol. The van der Waals surface area contributed by atoms with Gasteiger partial charge in [0, 0.05) is 19.8 Å². The maximum atomic E-state index is 13.6. The molecule has 14 N–H and O–H groups in total. The molecule has 3 aliphatic rings. The second-order valence-corrected chi connectivity index (χ2v) is 30.7. The highest BCUT2D eigenvalue weighted by Gasteiger charge is 2.60. The number of nitrogens with one attached hydrogen (secondary N) is 2. The van der Waals surface area contributed by atoms with Crippen LogP contribution >= 0.6 is 0 Å². The summed E-state index contributed by atoms with van der Waals surface area (Å²) in [5, 5.41) is 137. The predicted molar refractivity (Wildman–Crippen MR) is 399 cm³/mol. The van der Waals surface area contributed by atoms with Gasteiger partial charge < -0.3 is 100 Å². The Bertz CT molecular complexity index is 2050. The third kappa shape index (κ3) is 39.8. The van der Waals surface area contributed by atoms with Gasteiger partial charge in [0.05, 0.1) is 50.7 Å². The summed E-state index contributed by atoms with van der Waals surface area (Å²) in [6.07, 6.45) is 33.8. The van der Waals surface area contributed by atoms with Crippen molar-refractivity contribution in [3.05, 3.63) is 0 Å². The van der Waals surface area contributed by atoms with Crippen molar-refractivity contribution in [2.24, 2.45) is 0 Å². The Labute approximate surface area is 620 Å². The number of rotatable bonds is 67. The number of aliphatic hydroxyl groups is 11. The van der Waals surface area contributed by atoms with Crippen molar-refractivity contribution in [2.75, 3.05) is 26.4 Å². The van der Waals surface area contributed by atoms with Crippen LogP contribution in [0.3, 0.4) is 0 Å². The average Bonchev–Trinajstić information content (AvgIpc) is 0.755. The standard InChI is InChI=1S/C80H152N2O21/c1-4-6-8-10-12-14-16-18-20-22-24-26-27-28-29-30-31-32-34-36-38-40-42-44-46-48-50-52-54-67(90)82-61(62(87)53-51-49-47-45-43-41-39-37-35-33-25-23-21-19-17-15-13-11-9-7-5-2)59-98-77-72(94)71(93)74(66(58-85)100-77)101-78-73(95)76(70(92)65(57-84)99-78)103-80(79(96)97)55-63(88)68(81-60(3)86)75(102-80)69(91)64(89)56-83/h61-66,68-78,83-85,87-89,91-95H,4-59H2,1-3H3,(H,81,86)(H,82,90)(H,96,97). The van der Waals surface area contributed by atoms with Crippen molar-refractivity contribution in [3.8, 4) is 0 Å². The smallest absolute Gasteiger partial charge is 0.364 e. The second kappa shape index (κ2) is 59.6. The molecule has 103 heavy (non-hydrogen) atoms. The van der Waals surface area contributed by atoms with Crippen LogP contribution < -0.4 is 10.6 Å². The fraction of sp³-hybridized carbons (Fsp3) is 0.963. The number of carbonyl (C=O) groups is 3. The van der Waals surface area contributed by atoms with E-state index in [1.165, 1.54) is 257 Å². The van der Waals surface area contributed by atoms with E-state index in [1.807, 2.05) is 0 Å². The van der Waals surface area contributed by atoms with E-state index in [9.17, 15) is 75.7 Å². The van der Waals surface area contributed by atoms with E-state index in [0.717, 1.165) is 51.9 Å². The van der Waals surface area contributed by atoms with Crippen LogP contribution in [0.15, 0.2) is 0 Å². The Kier molecular flexibility index (Phi) is 54.9. The summed E-state index contributed by atoms with van der Waals surface area (Å²) >= 11 is 0. The van der Waals surface area contributed by atoms with E-state index in [-0.39, 0.29) is 18.9 Å². The van der Waals surface area contributed by atoms with Gasteiger partial charge in [0.2, 0.25) is 11.8 Å². The number of carbonyl (C=O) groups excluding carboxylic acids is 2. The van der Waals surface area contributed by atoms with Crippen LogP contribution in [0.2, 0.25) is 0 Å². The lowest BCUT2D eigenvalue weighted by Crippen LogP contribution is -2.70. The number of aliphatic carboxylic acids is 1. The first-order chi connectivity index (χ1) is 49.9. The van der Waals surface area contributed by atoms with E-state index in [2.05, 4.69) is 24.5 Å². The third-order valence-electron chi connectivity index (χ3n) is 21.6. The molecular formula is C80H152N2O21. The normalized spacial score (nSPS) is 26.4. The van der Waals surface area contributed by atoms with E-state index < -0.39 is 148 Å². The summed E-state index contributed by atoms with van der Waals surface area (Å²) < 4.78 is 35.0. The van der Waals surface area contributed by atoms with Crippen LogP contribution in [0.25, 0.3) is 0 Å². The van der Waals surface area contributed by atoms with Crippen molar-refractivity contribution in [3.63, 3.8) is 0 Å². The maximum absolute atomic E-state index is 13.6. The molecule has 0 bridgehead atoms. The largest absolute Gasteiger partial charge is 0.477 e. The summed E-state index contributed by atoms with van der Waals surface area (Å²) in [4.78, 5) is 38.7. The molecule has 18 unspecified atom stereocenters. The lowest BCUT2D eigenvalue weighted by molar-refractivity contribution is -0.386. The molecule has 23 nitrogen and oxygen atoms in total. The Hall–Kier alpha value is -2.27. The zero-order chi connectivity index (χ0) is 75.3. The van der Waals surface area contributed by atoms with Crippen molar-refractivity contribution >= 4 is 17.8 Å². The molecule has 0 saturated carbocycles. The highest BCUT2D eigenvalue weighted by Crippen LogP contribution is 2.39. The van der Waals surface area contributed by atoms with E-state index >= 15 is 0 Å². The maximum Gasteiger partial charge on any atom is 0.364 e. The fourth-order valence-corrected chi connectivity index (χ4v) is 15.0. The molecule has 3 saturated heterocycles. The first kappa shape index (κ1) is 94.9. The molecule has 0 aromatic carbocycles. The average molecular weight is 1480 g/mol. The van der Waals surface area contributed by atoms with Crippen molar-refractivity contribution in [1.82, 2.24) is 10.6 Å². The van der Waals surface area contributed by atoms with Crippen molar-refractivity contribution in [1.29, 1.82) is 0 Å². The molecule has 0 aliphatic carbocycles. The van der Waals surface area contributed by atoms with Gasteiger partial charge in [0.25, 0.3) is 5.79 Å². The number of hydrogen-bond acceptors (Lipinski definition) is 20. The molecule has 3 rings (SSSR count). The van der Waals surface area contributed by atoms with Gasteiger partial charge in [-0.2, -0.15) is 0 Å². The molecule has 3 heterocycles. The summed E-state index contributed by atoms with van der Waals surface area (Å²) in [7, 11) is 0. The number of ether oxygens (including phenoxy) is 6. The lowest BCUT2D eigenvalue weighted by Gasteiger charge is -2.50. The Morgan fingerprint density at radius 2 is 0.845 bits per heavy atom. The number of unbranched alkanes of at least 4 members (excludes halogenated alkanes) is 47. The Balaban J connectivity index is 1.49. The second-order valence-electron chi connectivity index (χ2n) is 30.7. The van der Waals surface area contributed by atoms with Gasteiger partial charge >= 0.3 is 5.97 Å². The first-order valence-electron chi connectivity index (χ1n) is 41.9. The van der Waals surface area contributed by atoms with Crippen LogP contribution in [0.4, 0.5) is 0 Å². The highest BCUT2D eigenvalue weighted by molar-refractivity contribution is 5.77. The van der Waals surface area contributed by atoms with Gasteiger partial charge in [-0.25, -0.2) is 4.79 Å². The van der Waals surface area contributed by atoms with Crippen LogP contribution in [0.5, 0.6) is 0 Å². The minimum atomic E-state index is -3.08. The van der Waals surface area contributed by atoms with Gasteiger partial charge in [-0.1, -0.05) is 322 Å². The van der Waals surface area contributed by atoms with Crippen LogP contribution in [-0.4, -0.2) is 215 Å². The summed E-state index contributed by atoms with van der Waals surface area (Å²) in [6.45, 7) is 2.28. The number of hydrogen-bond donors (Lipinski definition) is 14. The van der Waals surface area contributed by atoms with Crippen LogP contribution in [0, 0.1) is 0 Å². The molecule has 3 fully saturated rings. The molecule has 0 aromatic rings. The SMILES string of the molecule is CCCCCCCCCCCCCCCCCCCCCCCCCCCCCCC(=O)NC(COC1OC(CO)C(OC2OC(CO)C(O)C(OC3(C(=O)O)CC(O)C(NC(C)=O)C(C(O)C(O)CO)O3)C2O)C(O)C1O)C(O)CCCCCCCCCCCCCCCCCCCCCCC. The molecule has 0 radical (unpaired) electrons. The van der Waals surface area contributed by atoms with Gasteiger partial charge in [-0.15, -0.1) is 0 Å². The third-order valence-corrected chi connectivity index (χ3v) is 21.6. The van der Waals surface area contributed by atoms with Gasteiger partial charge in [-0.05, 0) is 12.8 Å². The molecule has 18 atom stereocenters. The monoisotopic (exact) mass is 1480 g/mol. The molecule has 608 valence electrons. The molecule has 3 aliphatic heterocycles. The highest BCUT2D eigenvalue weighted by atomic mass is 16.8. The van der Waals surface area contributed by atoms with Gasteiger partial charge in [0.1, 0.15) is 67.1 Å². The fourth-order valence-electron chi connectivity index (χ4n) is 15.0. The Morgan fingerprint density at radius 1 is 0.466 bits per heavy atom. The molecule has 2 amide bonds.